The molecular weight excluding hydrogens is 290 g/mol. The largest absolute Gasteiger partial charge is 0.321 e. The van der Waals surface area contributed by atoms with Gasteiger partial charge in [-0.2, -0.15) is 8.42 Å². The third kappa shape index (κ3) is 3.49. The zero-order valence-corrected chi connectivity index (χ0v) is 13.1. The number of H-pyrrole nitrogens is 1. The van der Waals surface area contributed by atoms with Crippen LogP contribution in [0.3, 0.4) is 0 Å². The number of fused-ring (bicyclic) bond motifs is 1. The predicted octanol–water partition coefficient (Wildman–Crippen LogP) is 0.741. The van der Waals surface area contributed by atoms with Crippen molar-refractivity contribution in [2.75, 3.05) is 13.6 Å². The summed E-state index contributed by atoms with van der Waals surface area (Å²) in [5, 5.41) is 0.948. The van der Waals surface area contributed by atoms with Gasteiger partial charge in [-0.3, -0.25) is 4.79 Å². The average molecular weight is 309 g/mol. The fourth-order valence-electron chi connectivity index (χ4n) is 2.15. The number of benzene rings is 1. The van der Waals surface area contributed by atoms with Gasteiger partial charge in [0.05, 0.1) is 5.52 Å². The fraction of sp³-hybridized carbons (Fsp3) is 0.357. The first kappa shape index (κ1) is 15.7. The fourth-order valence-corrected chi connectivity index (χ4v) is 2.66. The van der Waals surface area contributed by atoms with E-state index in [0.717, 1.165) is 22.0 Å². The summed E-state index contributed by atoms with van der Waals surface area (Å²) < 4.78 is 27.0. The molecule has 2 rings (SSSR count). The van der Waals surface area contributed by atoms with Gasteiger partial charge in [0.15, 0.2) is 0 Å². The van der Waals surface area contributed by atoms with Crippen molar-refractivity contribution in [1.29, 1.82) is 0 Å². The lowest BCUT2D eigenvalue weighted by Gasteiger charge is -2.08. The third-order valence-corrected chi connectivity index (χ3v) is 4.70. The van der Waals surface area contributed by atoms with Gasteiger partial charge in [0.1, 0.15) is 0 Å². The first-order valence-corrected chi connectivity index (χ1v) is 8.12. The summed E-state index contributed by atoms with van der Waals surface area (Å²) in [5.41, 5.74) is 3.38. The molecule has 1 heterocycles. The van der Waals surface area contributed by atoms with Crippen molar-refractivity contribution >= 4 is 21.1 Å². The Kier molecular flexibility index (Phi) is 4.46. The lowest BCUT2D eigenvalue weighted by molar-refractivity contribution is 0.573. The van der Waals surface area contributed by atoms with Gasteiger partial charge in [0.2, 0.25) is 0 Å². The van der Waals surface area contributed by atoms with Crippen LogP contribution >= 0.6 is 0 Å². The van der Waals surface area contributed by atoms with Gasteiger partial charge in [0.25, 0.3) is 15.8 Å². The summed E-state index contributed by atoms with van der Waals surface area (Å²) in [4.78, 5) is 15.0. The highest BCUT2D eigenvalue weighted by Crippen LogP contribution is 2.18. The van der Waals surface area contributed by atoms with Gasteiger partial charge in [-0.15, -0.1) is 0 Å². The molecule has 0 bridgehead atoms. The molecule has 0 radical (unpaired) electrons. The van der Waals surface area contributed by atoms with E-state index in [1.165, 1.54) is 7.05 Å². The van der Waals surface area contributed by atoms with Crippen molar-refractivity contribution in [3.63, 3.8) is 0 Å². The summed E-state index contributed by atoms with van der Waals surface area (Å²) >= 11 is 0. The minimum Gasteiger partial charge on any atom is -0.321 e. The molecule has 0 atom stereocenters. The maximum absolute atomic E-state index is 12.1. The highest BCUT2D eigenvalue weighted by atomic mass is 32.2. The van der Waals surface area contributed by atoms with E-state index in [2.05, 4.69) is 14.4 Å². The number of pyridine rings is 1. The lowest BCUT2D eigenvalue weighted by Crippen LogP contribution is -2.35. The highest BCUT2D eigenvalue weighted by molar-refractivity contribution is 7.87. The van der Waals surface area contributed by atoms with Crippen LogP contribution in [0.1, 0.15) is 16.7 Å². The molecule has 0 saturated carbocycles. The van der Waals surface area contributed by atoms with Crippen LogP contribution in [0.5, 0.6) is 0 Å². The molecule has 0 unspecified atom stereocenters. The van der Waals surface area contributed by atoms with E-state index in [-0.39, 0.29) is 12.1 Å². The van der Waals surface area contributed by atoms with Gasteiger partial charge in [-0.05, 0) is 42.8 Å². The van der Waals surface area contributed by atoms with Crippen molar-refractivity contribution in [2.24, 2.45) is 0 Å². The smallest absolute Gasteiger partial charge is 0.276 e. The molecule has 21 heavy (non-hydrogen) atoms. The summed E-state index contributed by atoms with van der Waals surface area (Å²) in [5.74, 6) is 0. The van der Waals surface area contributed by atoms with Crippen molar-refractivity contribution in [1.82, 2.24) is 14.4 Å². The monoisotopic (exact) mass is 309 g/mol. The predicted molar refractivity (Wildman–Crippen MR) is 83.7 cm³/mol. The minimum atomic E-state index is -3.47. The number of hydrogen-bond donors (Lipinski definition) is 3. The van der Waals surface area contributed by atoms with E-state index in [4.69, 9.17) is 0 Å². The number of hydrogen-bond acceptors (Lipinski definition) is 3. The second kappa shape index (κ2) is 5.97. The SMILES string of the molecule is CNS(=O)(=O)NCCc1cc2ccc(C)c(C)c2[nH]c1=O. The van der Waals surface area contributed by atoms with Gasteiger partial charge in [0, 0.05) is 19.2 Å². The van der Waals surface area contributed by atoms with E-state index < -0.39 is 10.2 Å². The van der Waals surface area contributed by atoms with Gasteiger partial charge in [-0.25, -0.2) is 9.44 Å². The molecule has 2 aromatic rings. The zero-order valence-electron chi connectivity index (χ0n) is 12.3. The van der Waals surface area contributed by atoms with Crippen molar-refractivity contribution < 1.29 is 8.42 Å². The Morgan fingerprint density at radius 2 is 1.95 bits per heavy atom. The van der Waals surface area contributed by atoms with E-state index in [0.29, 0.717) is 12.0 Å². The molecule has 7 heteroatoms. The Morgan fingerprint density at radius 1 is 1.24 bits per heavy atom. The topological polar surface area (TPSA) is 91.1 Å². The Labute approximate surface area is 123 Å². The Bertz CT molecular complexity index is 825. The second-order valence-corrected chi connectivity index (χ2v) is 6.65. The summed E-state index contributed by atoms with van der Waals surface area (Å²) in [6, 6.07) is 5.77. The molecule has 0 amide bonds. The molecule has 1 aromatic carbocycles. The van der Waals surface area contributed by atoms with Crippen LogP contribution in [0.4, 0.5) is 0 Å². The molecule has 0 spiro atoms. The standard InChI is InChI=1S/C14H19N3O3S/c1-9-4-5-11-8-12(6-7-16-21(19,20)15-3)14(18)17-13(11)10(9)2/h4-5,8,15-16H,6-7H2,1-3H3,(H,17,18). The van der Waals surface area contributed by atoms with Crippen LogP contribution in [0.25, 0.3) is 10.9 Å². The van der Waals surface area contributed by atoms with Gasteiger partial charge >= 0.3 is 0 Å². The quantitative estimate of drug-likeness (QED) is 0.761. The molecule has 0 aliphatic rings. The van der Waals surface area contributed by atoms with Crippen molar-refractivity contribution in [3.05, 3.63) is 45.2 Å². The molecule has 3 N–H and O–H groups in total. The first-order chi connectivity index (χ1) is 9.84. The molecular formula is C14H19N3O3S. The zero-order chi connectivity index (χ0) is 15.6. The number of aromatic nitrogens is 1. The second-order valence-electron chi connectivity index (χ2n) is 4.95. The molecule has 1 aromatic heterocycles. The normalized spacial score (nSPS) is 12.0. The number of aryl methyl sites for hydroxylation is 2. The molecule has 0 saturated heterocycles. The Balaban J connectivity index is 2.28. The maximum atomic E-state index is 12.1. The highest BCUT2D eigenvalue weighted by Gasteiger charge is 2.08. The van der Waals surface area contributed by atoms with Crippen LogP contribution in [-0.4, -0.2) is 27.0 Å². The van der Waals surface area contributed by atoms with Crippen LogP contribution < -0.4 is 15.0 Å². The summed E-state index contributed by atoms with van der Waals surface area (Å²) in [6.45, 7) is 4.13. The molecule has 0 aliphatic heterocycles. The third-order valence-electron chi connectivity index (χ3n) is 3.58. The summed E-state index contributed by atoms with van der Waals surface area (Å²) in [6.07, 6.45) is 0.332. The minimum absolute atomic E-state index is 0.169. The van der Waals surface area contributed by atoms with Crippen LogP contribution in [0, 0.1) is 13.8 Å². The number of rotatable bonds is 5. The van der Waals surface area contributed by atoms with E-state index in [9.17, 15) is 13.2 Å². The molecule has 114 valence electrons. The average Bonchev–Trinajstić information content (AvgIpc) is 2.44. The van der Waals surface area contributed by atoms with E-state index >= 15 is 0 Å². The first-order valence-electron chi connectivity index (χ1n) is 6.64. The maximum Gasteiger partial charge on any atom is 0.276 e. The van der Waals surface area contributed by atoms with E-state index in [1.807, 2.05) is 32.0 Å². The number of aromatic amines is 1. The molecule has 0 fully saturated rings. The number of nitrogens with one attached hydrogen (secondary N) is 3. The lowest BCUT2D eigenvalue weighted by atomic mass is 10.0. The van der Waals surface area contributed by atoms with Gasteiger partial charge < -0.3 is 4.98 Å². The van der Waals surface area contributed by atoms with Crippen LogP contribution in [-0.2, 0) is 16.6 Å². The van der Waals surface area contributed by atoms with Crippen LogP contribution in [0.2, 0.25) is 0 Å². The molecule has 6 nitrogen and oxygen atoms in total. The van der Waals surface area contributed by atoms with E-state index in [1.54, 1.807) is 0 Å². The van der Waals surface area contributed by atoms with Crippen molar-refractivity contribution in [3.8, 4) is 0 Å². The van der Waals surface area contributed by atoms with Crippen molar-refractivity contribution in [2.45, 2.75) is 20.3 Å². The van der Waals surface area contributed by atoms with Gasteiger partial charge in [-0.1, -0.05) is 12.1 Å². The summed E-state index contributed by atoms with van der Waals surface area (Å²) in [7, 11) is -2.14. The molecule has 0 aliphatic carbocycles. The van der Waals surface area contributed by atoms with Crippen LogP contribution in [0.15, 0.2) is 23.0 Å². The Hall–Kier alpha value is -1.70. The Morgan fingerprint density at radius 3 is 2.62 bits per heavy atom.